The monoisotopic (exact) mass is 705 g/mol. The zero-order valence-electron chi connectivity index (χ0n) is 29.6. The summed E-state index contributed by atoms with van der Waals surface area (Å²) in [6.45, 7) is 0. The molecule has 0 aliphatic rings. The van der Waals surface area contributed by atoms with Gasteiger partial charge in [-0.2, -0.15) is 0 Å². The van der Waals surface area contributed by atoms with E-state index in [9.17, 15) is 0 Å². The number of thiophene rings is 1. The van der Waals surface area contributed by atoms with Gasteiger partial charge in [0, 0.05) is 26.8 Å². The van der Waals surface area contributed by atoms with E-state index in [0.717, 1.165) is 17.1 Å². The van der Waals surface area contributed by atoms with Crippen molar-refractivity contribution >= 4 is 59.3 Å². The van der Waals surface area contributed by atoms with Crippen molar-refractivity contribution in [3.63, 3.8) is 0 Å². The first kappa shape index (κ1) is 32.0. The topological polar surface area (TPSA) is 3.24 Å². The minimum atomic E-state index is 1.11. The highest BCUT2D eigenvalue weighted by atomic mass is 32.1. The summed E-state index contributed by atoms with van der Waals surface area (Å²) in [6, 6.07) is 77.0. The Morgan fingerprint density at radius 1 is 0.296 bits per heavy atom. The van der Waals surface area contributed by atoms with Crippen LogP contribution in [0.25, 0.3) is 75.5 Å². The van der Waals surface area contributed by atoms with Crippen molar-refractivity contribution in [2.45, 2.75) is 0 Å². The van der Waals surface area contributed by atoms with Crippen LogP contribution in [0.15, 0.2) is 212 Å². The van der Waals surface area contributed by atoms with E-state index >= 15 is 0 Å². The quantitative estimate of drug-likeness (QED) is 0.160. The molecular weight excluding hydrogens is 671 g/mol. The Morgan fingerprint density at radius 2 is 0.796 bits per heavy atom. The Balaban J connectivity index is 1.20. The second-order valence-electron chi connectivity index (χ2n) is 13.7. The van der Waals surface area contributed by atoms with Gasteiger partial charge in [-0.05, 0) is 85.6 Å². The molecule has 10 rings (SSSR count). The molecule has 54 heavy (non-hydrogen) atoms. The number of hydrogen-bond acceptors (Lipinski definition) is 2. The Labute approximate surface area is 319 Å². The summed E-state index contributed by atoms with van der Waals surface area (Å²) in [5.41, 5.74) is 13.1. The first-order valence-corrected chi connectivity index (χ1v) is 19.2. The van der Waals surface area contributed by atoms with Crippen LogP contribution in [0.1, 0.15) is 0 Å². The molecular formula is C52H35NS. The van der Waals surface area contributed by atoms with E-state index in [-0.39, 0.29) is 0 Å². The van der Waals surface area contributed by atoms with Gasteiger partial charge in [0.2, 0.25) is 0 Å². The molecule has 0 fully saturated rings. The molecule has 0 spiro atoms. The van der Waals surface area contributed by atoms with Crippen molar-refractivity contribution in [2.24, 2.45) is 0 Å². The van der Waals surface area contributed by atoms with Crippen LogP contribution >= 0.6 is 11.3 Å². The summed E-state index contributed by atoms with van der Waals surface area (Å²) >= 11 is 1.89. The Bertz CT molecular complexity index is 2910. The third-order valence-corrected chi connectivity index (χ3v) is 11.8. The maximum atomic E-state index is 2.45. The molecule has 1 nitrogen and oxygen atoms in total. The van der Waals surface area contributed by atoms with E-state index in [2.05, 4.69) is 217 Å². The van der Waals surface area contributed by atoms with Crippen LogP contribution in [0.3, 0.4) is 0 Å². The number of fused-ring (bicyclic) bond motifs is 4. The summed E-state index contributed by atoms with van der Waals surface area (Å²) in [5.74, 6) is 0. The molecule has 0 amide bonds. The highest BCUT2D eigenvalue weighted by molar-refractivity contribution is 7.27. The van der Waals surface area contributed by atoms with Crippen molar-refractivity contribution in [2.75, 3.05) is 4.90 Å². The molecule has 0 bridgehead atoms. The average molecular weight is 706 g/mol. The van der Waals surface area contributed by atoms with Gasteiger partial charge in [-0.1, -0.05) is 182 Å². The van der Waals surface area contributed by atoms with Gasteiger partial charge in [0.25, 0.3) is 0 Å². The third-order valence-electron chi connectivity index (χ3n) is 10.5. The molecule has 0 aliphatic carbocycles. The zero-order chi connectivity index (χ0) is 35.8. The minimum Gasteiger partial charge on any atom is -0.309 e. The highest BCUT2D eigenvalue weighted by Gasteiger charge is 2.21. The first-order chi connectivity index (χ1) is 26.8. The predicted molar refractivity (Wildman–Crippen MR) is 233 cm³/mol. The molecule has 0 N–H and O–H groups in total. The van der Waals surface area contributed by atoms with Gasteiger partial charge in [0.1, 0.15) is 0 Å². The maximum Gasteiger partial charge on any atom is 0.0640 e. The van der Waals surface area contributed by atoms with Gasteiger partial charge in [-0.3, -0.25) is 0 Å². The summed E-state index contributed by atoms with van der Waals surface area (Å²) in [4.78, 5) is 2.45. The molecule has 10 aromatic rings. The molecule has 0 radical (unpaired) electrons. The summed E-state index contributed by atoms with van der Waals surface area (Å²) in [6.07, 6.45) is 0. The lowest BCUT2D eigenvalue weighted by Gasteiger charge is -2.27. The lowest BCUT2D eigenvalue weighted by Crippen LogP contribution is -2.10. The van der Waals surface area contributed by atoms with E-state index in [1.165, 1.54) is 75.5 Å². The number of hydrogen-bond donors (Lipinski definition) is 0. The highest BCUT2D eigenvalue weighted by Crippen LogP contribution is 2.48. The molecule has 0 unspecified atom stereocenters. The molecule has 0 aliphatic heterocycles. The molecule has 9 aromatic carbocycles. The fourth-order valence-electron chi connectivity index (χ4n) is 7.92. The molecule has 0 saturated carbocycles. The minimum absolute atomic E-state index is 1.11. The molecule has 0 atom stereocenters. The Hall–Kier alpha value is -6.74. The SMILES string of the molecule is c1ccc(-c2ccc(N(c3ccc(-c4cccc5ccccc45)cc3)c3cccc4c3sc3c(-c5ccccc5)cccc34)cc2-c2ccccc2)cc1. The number of benzene rings is 9. The van der Waals surface area contributed by atoms with E-state index in [4.69, 9.17) is 0 Å². The molecule has 1 heterocycles. The number of rotatable bonds is 7. The van der Waals surface area contributed by atoms with Crippen LogP contribution in [-0.2, 0) is 0 Å². The fourth-order valence-corrected chi connectivity index (χ4v) is 9.26. The summed E-state index contributed by atoms with van der Waals surface area (Å²) < 4.78 is 2.57. The molecule has 1 aromatic heterocycles. The third kappa shape index (κ3) is 5.65. The molecule has 0 saturated heterocycles. The number of anilines is 3. The van der Waals surface area contributed by atoms with Gasteiger partial charge >= 0.3 is 0 Å². The fraction of sp³-hybridized carbons (Fsp3) is 0. The normalized spacial score (nSPS) is 11.3. The van der Waals surface area contributed by atoms with Gasteiger partial charge in [-0.15, -0.1) is 11.3 Å². The van der Waals surface area contributed by atoms with Gasteiger partial charge in [0.15, 0.2) is 0 Å². The molecule has 2 heteroatoms. The van der Waals surface area contributed by atoms with Gasteiger partial charge in [0.05, 0.1) is 10.4 Å². The summed E-state index contributed by atoms with van der Waals surface area (Å²) in [7, 11) is 0. The van der Waals surface area contributed by atoms with Crippen molar-refractivity contribution < 1.29 is 0 Å². The van der Waals surface area contributed by atoms with Crippen LogP contribution in [-0.4, -0.2) is 0 Å². The largest absolute Gasteiger partial charge is 0.309 e. The standard InChI is InChI=1S/C52H35NS/c1-4-15-36(16-5-1)45-34-33-42(35-49(45)39-19-8-3-9-20-39)53(41-31-29-40(30-32-41)44-24-12-22-37-21-10-11-23-43(37)44)50-28-14-27-48-47-26-13-25-46(51(47)54-52(48)50)38-17-6-2-7-18-38/h1-35H. The Kier molecular flexibility index (Phi) is 8.09. The van der Waals surface area contributed by atoms with E-state index in [1.807, 2.05) is 11.3 Å². The van der Waals surface area contributed by atoms with Crippen molar-refractivity contribution in [3.05, 3.63) is 212 Å². The predicted octanol–water partition coefficient (Wildman–Crippen LogP) is 15.3. The average Bonchev–Trinajstić information content (AvgIpc) is 3.65. The van der Waals surface area contributed by atoms with Gasteiger partial charge in [-0.25, -0.2) is 0 Å². The first-order valence-electron chi connectivity index (χ1n) is 18.4. The van der Waals surface area contributed by atoms with Gasteiger partial charge < -0.3 is 4.90 Å². The van der Waals surface area contributed by atoms with E-state index < -0.39 is 0 Å². The van der Waals surface area contributed by atoms with Crippen LogP contribution in [0.2, 0.25) is 0 Å². The van der Waals surface area contributed by atoms with Crippen LogP contribution < -0.4 is 4.90 Å². The van der Waals surface area contributed by atoms with E-state index in [0.29, 0.717) is 0 Å². The van der Waals surface area contributed by atoms with Crippen molar-refractivity contribution in [3.8, 4) is 44.5 Å². The van der Waals surface area contributed by atoms with E-state index in [1.54, 1.807) is 0 Å². The second-order valence-corrected chi connectivity index (χ2v) is 14.7. The zero-order valence-corrected chi connectivity index (χ0v) is 30.4. The van der Waals surface area contributed by atoms with Crippen molar-refractivity contribution in [1.29, 1.82) is 0 Å². The molecule has 254 valence electrons. The lowest BCUT2D eigenvalue weighted by molar-refractivity contribution is 1.30. The number of nitrogens with zero attached hydrogens (tertiary/aromatic N) is 1. The van der Waals surface area contributed by atoms with Crippen molar-refractivity contribution in [1.82, 2.24) is 0 Å². The maximum absolute atomic E-state index is 2.45. The smallest absolute Gasteiger partial charge is 0.0640 e. The van der Waals surface area contributed by atoms with Crippen LogP contribution in [0.4, 0.5) is 17.1 Å². The van der Waals surface area contributed by atoms with Crippen LogP contribution in [0, 0.1) is 0 Å². The van der Waals surface area contributed by atoms with Crippen LogP contribution in [0.5, 0.6) is 0 Å². The lowest BCUT2D eigenvalue weighted by atomic mass is 9.93. The summed E-state index contributed by atoms with van der Waals surface area (Å²) in [5, 5.41) is 5.07. The second kappa shape index (κ2) is 13.7. The Morgan fingerprint density at radius 3 is 1.52 bits per heavy atom.